The van der Waals surface area contributed by atoms with Crippen molar-refractivity contribution in [3.8, 4) is 5.75 Å². The molecule has 14 bridgehead atoms. The molecule has 21 fully saturated rings. The molecule has 21 heterocycles. The Labute approximate surface area is 499 Å². The Balaban J connectivity index is 0.992. The van der Waals surface area contributed by atoms with E-state index in [1.165, 1.54) is 6.07 Å². The van der Waals surface area contributed by atoms with Gasteiger partial charge in [-0.3, -0.25) is 0 Å². The molecular weight excluding hydrogens is 1200 g/mol. The van der Waals surface area contributed by atoms with E-state index in [0.29, 0.717) is 5.56 Å². The minimum Gasteiger partial charge on any atom is -0.508 e. The highest BCUT2D eigenvalue weighted by Gasteiger charge is 2.59. The zero-order valence-corrected chi connectivity index (χ0v) is 46.7. The van der Waals surface area contributed by atoms with Crippen LogP contribution in [-0.2, 0) is 72.9 Å². The molecule has 0 amide bonds. The summed E-state index contributed by atoms with van der Waals surface area (Å²) in [4.78, 5) is 0. The maximum Gasteiger partial charge on any atom is 0.187 e. The van der Waals surface area contributed by atoms with Crippen molar-refractivity contribution in [2.24, 2.45) is 0 Å². The molecule has 0 saturated carbocycles. The molecule has 0 spiro atoms. The number of rotatable bonds is 13. The van der Waals surface area contributed by atoms with E-state index in [1.807, 2.05) is 0 Å². The first-order chi connectivity index (χ1) is 42.1. The SMILES string of the molecule is OC[C@H]1O[C@@H]2O[C@H]3[C@H](O)[C@@H](O)[C@@H](O[C@H]4[C@H](O)[C@@H](O)[C@@H](O[C@H]5[C@H](O)[C@@H](O)[C@@H](O[C@H]6[C@H](O)[C@@H](O)[C@@H](O[C@H]7[C@H](O)[C@@H](O)[C@@H](O[C@H]8[C@H](O)[C@@H](O)[C@@H](O[C@H]1[C@H](O)[C@H]2O)O[C@@H]8CO)O[C@@H]7CO)O[C@@H]6CO)O[C@@H]5CNCCNCc1ccccc1O)O[C@@H]4CO)O[C@@H]3CO. The summed E-state index contributed by atoms with van der Waals surface area (Å²) >= 11 is 0. The van der Waals surface area contributed by atoms with Crippen LogP contribution >= 0.6 is 0 Å². The van der Waals surface area contributed by atoms with Crippen LogP contribution in [-0.4, -0.2) is 381 Å². The van der Waals surface area contributed by atoms with Gasteiger partial charge in [0.05, 0.1) is 39.6 Å². The zero-order chi connectivity index (χ0) is 63.6. The fraction of sp³-hybridized carbons (Fsp3) is 0.882. The van der Waals surface area contributed by atoms with Crippen LogP contribution in [0.5, 0.6) is 5.75 Å². The second kappa shape index (κ2) is 30.8. The van der Waals surface area contributed by atoms with Gasteiger partial charge in [-0.2, -0.15) is 0 Å². The average Bonchev–Trinajstić information content (AvgIpc) is 1.65. The number of aromatic hydroxyl groups is 1. The van der Waals surface area contributed by atoms with Gasteiger partial charge in [0.1, 0.15) is 177 Å². The molecule has 35 atom stereocenters. The van der Waals surface area contributed by atoms with Gasteiger partial charge in [0.15, 0.2) is 44.0 Å². The van der Waals surface area contributed by atoms with E-state index in [9.17, 15) is 107 Å². The van der Waals surface area contributed by atoms with Gasteiger partial charge in [-0.1, -0.05) is 18.2 Å². The molecule has 21 aliphatic heterocycles. The highest BCUT2D eigenvalue weighted by molar-refractivity contribution is 5.31. The summed E-state index contributed by atoms with van der Waals surface area (Å²) in [6.07, 6.45) is -69.8. The molecule has 37 heteroatoms. The molecule has 21 saturated heterocycles. The lowest BCUT2D eigenvalue weighted by Crippen LogP contribution is -2.68. The number of ether oxygens (including phenoxy) is 14. The minimum atomic E-state index is -2.21. The van der Waals surface area contributed by atoms with E-state index >= 15 is 0 Å². The molecule has 0 aromatic heterocycles. The lowest BCUT2D eigenvalue weighted by Gasteiger charge is -2.50. The molecule has 506 valence electrons. The molecule has 22 rings (SSSR count). The maximum absolute atomic E-state index is 11.8. The van der Waals surface area contributed by atoms with Crippen LogP contribution in [0.2, 0.25) is 0 Å². The van der Waals surface area contributed by atoms with Crippen LogP contribution in [0.3, 0.4) is 0 Å². The number of nitrogens with one attached hydrogen (secondary N) is 2. The maximum atomic E-state index is 11.8. The summed E-state index contributed by atoms with van der Waals surface area (Å²) in [6.45, 7) is -5.93. The number of benzene rings is 1. The van der Waals surface area contributed by atoms with Crippen molar-refractivity contribution in [2.75, 3.05) is 59.3 Å². The van der Waals surface area contributed by atoms with E-state index in [0.717, 1.165) is 0 Å². The Bertz CT molecular complexity index is 2280. The summed E-state index contributed by atoms with van der Waals surface area (Å²) in [7, 11) is 0. The molecule has 37 nitrogen and oxygen atoms in total. The molecule has 0 unspecified atom stereocenters. The topological polar surface area (TPSA) is 578 Å². The van der Waals surface area contributed by atoms with E-state index < -0.39 is 255 Å². The van der Waals surface area contributed by atoms with Crippen LogP contribution in [0.15, 0.2) is 24.3 Å². The quantitative estimate of drug-likeness (QED) is 0.0816. The third-order valence-electron chi connectivity index (χ3n) is 16.7. The average molecular weight is 1280 g/mol. The monoisotopic (exact) mass is 1280 g/mol. The highest BCUT2D eigenvalue weighted by Crippen LogP contribution is 2.39. The molecule has 0 aliphatic carbocycles. The molecule has 88 heavy (non-hydrogen) atoms. The highest BCUT2D eigenvalue weighted by atomic mass is 16.8. The van der Waals surface area contributed by atoms with Crippen LogP contribution in [0.4, 0.5) is 0 Å². The Morgan fingerprint density at radius 3 is 0.727 bits per heavy atom. The van der Waals surface area contributed by atoms with Crippen LogP contribution in [0.1, 0.15) is 5.56 Å². The first kappa shape index (κ1) is 69.9. The van der Waals surface area contributed by atoms with Crippen LogP contribution in [0.25, 0.3) is 0 Å². The summed E-state index contributed by atoms with van der Waals surface area (Å²) in [5.41, 5.74) is 0.581. The molecule has 0 radical (unpaired) electrons. The van der Waals surface area contributed by atoms with Gasteiger partial charge in [0.25, 0.3) is 0 Å². The normalized spacial score (nSPS) is 49.9. The Hall–Kier alpha value is -2.42. The van der Waals surface area contributed by atoms with Gasteiger partial charge in [-0.25, -0.2) is 0 Å². The second-order valence-electron chi connectivity index (χ2n) is 22.5. The smallest absolute Gasteiger partial charge is 0.187 e. The lowest BCUT2D eigenvalue weighted by atomic mass is 9.95. The third-order valence-corrected chi connectivity index (χ3v) is 16.7. The number of hydrogen-bond acceptors (Lipinski definition) is 37. The first-order valence-corrected chi connectivity index (χ1v) is 28.6. The van der Waals surface area contributed by atoms with E-state index in [1.54, 1.807) is 18.2 Å². The van der Waals surface area contributed by atoms with Gasteiger partial charge in [-0.05, 0) is 6.07 Å². The molecule has 1 aromatic rings. The second-order valence-corrected chi connectivity index (χ2v) is 22.5. The van der Waals surface area contributed by atoms with Crippen molar-refractivity contribution in [3.05, 3.63) is 29.8 Å². The number of hydrogen-bond donors (Lipinski definition) is 23. The largest absolute Gasteiger partial charge is 0.508 e. The number of phenolic OH excluding ortho intramolecular Hbond substituents is 1. The predicted molar refractivity (Wildman–Crippen MR) is 274 cm³/mol. The lowest BCUT2D eigenvalue weighted by molar-refractivity contribution is -0.396. The van der Waals surface area contributed by atoms with Gasteiger partial charge in [0, 0.05) is 31.7 Å². The predicted octanol–water partition coefficient (Wildman–Crippen LogP) is -14.1. The molecular formula is C51H82N2O35. The fourth-order valence-corrected chi connectivity index (χ4v) is 11.7. The van der Waals surface area contributed by atoms with Gasteiger partial charge in [-0.15, -0.1) is 0 Å². The summed E-state index contributed by atoms with van der Waals surface area (Å²) in [6, 6.07) is 6.57. The Morgan fingerprint density at radius 2 is 0.489 bits per heavy atom. The minimum absolute atomic E-state index is 0.0421. The fourth-order valence-electron chi connectivity index (χ4n) is 11.7. The van der Waals surface area contributed by atoms with E-state index in [-0.39, 0.29) is 31.9 Å². The Kier molecular flexibility index (Phi) is 24.4. The number of aliphatic hydroxyl groups excluding tert-OH is 20. The van der Waals surface area contributed by atoms with Crippen molar-refractivity contribution < 1.29 is 174 Å². The van der Waals surface area contributed by atoms with Crippen molar-refractivity contribution >= 4 is 0 Å². The zero-order valence-electron chi connectivity index (χ0n) is 46.7. The Morgan fingerprint density at radius 1 is 0.273 bits per heavy atom. The molecule has 21 aliphatic rings. The van der Waals surface area contributed by atoms with Crippen molar-refractivity contribution in [3.63, 3.8) is 0 Å². The van der Waals surface area contributed by atoms with E-state index in [4.69, 9.17) is 66.3 Å². The third kappa shape index (κ3) is 14.6. The molecule has 23 N–H and O–H groups in total. The number of phenols is 1. The number of para-hydroxylation sites is 1. The number of aliphatic hydroxyl groups is 20. The first-order valence-electron chi connectivity index (χ1n) is 28.6. The standard InChI is InChI=1S/C51H82N2O35/c54-9-18-39-26(63)33(70)47(77-18)85-41-20(11-56)79-49(35(72)28(41)65)87-43-22(13-58)81-51(37(74)30(43)67)88-44-23(14-59)80-50(36(73)29(44)66)86-42-21(12-57)78-48(34(71)27(42)64)84-40-19(10-55)76-46(32(69)25(40)62)82-38-17(75-45(83-39)31(68)24(38)61)8-53-6-5-52-7-15-3-1-2-4-16(15)60/h1-4,17-74H,5-14H2/t17-,18-,19-,20-,21-,22-,23-,24-,25-,26-,27-,28-,29-,30-,31-,32-,33-,34-,35-,36-,37-,38-,39-,40-,41-,42-,43-,44-,45-,46-,47-,48-,49-,50-,51-/m1/s1. The van der Waals surface area contributed by atoms with Crippen molar-refractivity contribution in [1.29, 1.82) is 0 Å². The van der Waals surface area contributed by atoms with Gasteiger partial charge in [0.2, 0.25) is 0 Å². The van der Waals surface area contributed by atoms with Gasteiger partial charge >= 0.3 is 0 Å². The summed E-state index contributed by atoms with van der Waals surface area (Å²) in [5.74, 6) is 0.0421. The van der Waals surface area contributed by atoms with Gasteiger partial charge < -0.3 is 184 Å². The summed E-state index contributed by atoms with van der Waals surface area (Å²) in [5, 5.41) is 240. The van der Waals surface area contributed by atoms with Crippen LogP contribution in [0, 0.1) is 0 Å². The van der Waals surface area contributed by atoms with Crippen molar-refractivity contribution in [1.82, 2.24) is 10.6 Å². The van der Waals surface area contributed by atoms with Crippen LogP contribution < -0.4 is 10.6 Å². The molecule has 1 aromatic carbocycles. The van der Waals surface area contributed by atoms with E-state index in [2.05, 4.69) is 10.6 Å². The summed E-state index contributed by atoms with van der Waals surface area (Å²) < 4.78 is 81.4. The van der Waals surface area contributed by atoms with Crippen molar-refractivity contribution in [2.45, 2.75) is 221 Å².